The van der Waals surface area contributed by atoms with Crippen molar-refractivity contribution in [2.45, 2.75) is 27.2 Å². The summed E-state index contributed by atoms with van der Waals surface area (Å²) < 4.78 is 0. The second-order valence-corrected chi connectivity index (χ2v) is 2.65. The fourth-order valence-corrected chi connectivity index (χ4v) is 0.964. The molecule has 0 atom stereocenters. The summed E-state index contributed by atoms with van der Waals surface area (Å²) in [5.74, 6) is 0. The van der Waals surface area contributed by atoms with Crippen molar-refractivity contribution in [1.82, 2.24) is 0 Å². The Morgan fingerprint density at radius 1 is 1.50 bits per heavy atom. The van der Waals surface area contributed by atoms with E-state index in [4.69, 9.17) is 0 Å². The first-order chi connectivity index (χ1) is 6.77. The summed E-state index contributed by atoms with van der Waals surface area (Å²) in [5.41, 5.74) is 2.83. The van der Waals surface area contributed by atoms with Gasteiger partial charge in [0.05, 0.1) is 11.4 Å². The molecule has 0 aromatic heterocycles. The van der Waals surface area contributed by atoms with E-state index >= 15 is 0 Å². The van der Waals surface area contributed by atoms with Crippen LogP contribution in [0.15, 0.2) is 46.2 Å². The van der Waals surface area contributed by atoms with Crippen LogP contribution >= 0.6 is 0 Å². The smallest absolute Gasteiger partial charge is 0.0876 e. The number of nitrogens with zero attached hydrogens (tertiary/aromatic N) is 2. The van der Waals surface area contributed by atoms with Gasteiger partial charge in [-0.05, 0) is 26.1 Å². The van der Waals surface area contributed by atoms with Gasteiger partial charge in [0.25, 0.3) is 0 Å². The van der Waals surface area contributed by atoms with Crippen molar-refractivity contribution in [1.29, 1.82) is 0 Å². The molecule has 1 rings (SSSR count). The van der Waals surface area contributed by atoms with E-state index in [0.717, 1.165) is 17.8 Å². The third kappa shape index (κ3) is 3.52. The molecule has 2 nitrogen and oxygen atoms in total. The predicted molar refractivity (Wildman–Crippen MR) is 65.0 cm³/mol. The van der Waals surface area contributed by atoms with Gasteiger partial charge >= 0.3 is 0 Å². The van der Waals surface area contributed by atoms with Gasteiger partial charge in [0.1, 0.15) is 0 Å². The highest BCUT2D eigenvalue weighted by molar-refractivity contribution is 6.08. The van der Waals surface area contributed by atoms with Crippen LogP contribution in [0.2, 0.25) is 0 Å². The molecule has 0 aromatic rings. The SMILES string of the molecule is C=CC1=NC=C(C)CC=C1N=C.CC. The third-order valence-electron chi connectivity index (χ3n) is 1.67. The van der Waals surface area contributed by atoms with Crippen molar-refractivity contribution in [3.05, 3.63) is 36.2 Å². The first-order valence-corrected chi connectivity index (χ1v) is 4.81. The van der Waals surface area contributed by atoms with E-state index in [1.807, 2.05) is 33.0 Å². The van der Waals surface area contributed by atoms with E-state index in [1.54, 1.807) is 6.08 Å². The van der Waals surface area contributed by atoms with Gasteiger partial charge in [-0.2, -0.15) is 0 Å². The molecule has 0 saturated carbocycles. The second kappa shape index (κ2) is 7.01. The Hall–Kier alpha value is -1.44. The molecule has 0 unspecified atom stereocenters. The van der Waals surface area contributed by atoms with Gasteiger partial charge in [-0.3, -0.25) is 9.98 Å². The predicted octanol–water partition coefficient (Wildman–Crippen LogP) is 3.53. The van der Waals surface area contributed by atoms with Gasteiger partial charge in [-0.25, -0.2) is 0 Å². The van der Waals surface area contributed by atoms with Crippen molar-refractivity contribution in [2.75, 3.05) is 0 Å². The lowest BCUT2D eigenvalue weighted by Crippen LogP contribution is -1.94. The Morgan fingerprint density at radius 2 is 2.14 bits per heavy atom. The van der Waals surface area contributed by atoms with Crippen LogP contribution in [0.4, 0.5) is 0 Å². The van der Waals surface area contributed by atoms with E-state index < -0.39 is 0 Å². The van der Waals surface area contributed by atoms with Crippen molar-refractivity contribution in [2.24, 2.45) is 9.98 Å². The van der Waals surface area contributed by atoms with Crippen molar-refractivity contribution in [3.8, 4) is 0 Å². The Morgan fingerprint density at radius 3 is 2.64 bits per heavy atom. The Labute approximate surface area is 86.5 Å². The standard InChI is InChI=1S/C10H12N2.C2H6/c1-4-9-10(11-3)6-5-8(2)7-12-9;1-2/h4,6-7H,1,3,5H2,2H3;1-2H3. The average Bonchev–Trinajstić information content (AvgIpc) is 2.42. The molecule has 1 heterocycles. The van der Waals surface area contributed by atoms with E-state index in [2.05, 4.69) is 23.3 Å². The zero-order valence-electron chi connectivity index (χ0n) is 9.25. The summed E-state index contributed by atoms with van der Waals surface area (Å²) in [6.07, 6.45) is 6.42. The summed E-state index contributed by atoms with van der Waals surface area (Å²) in [5, 5.41) is 0. The zero-order chi connectivity index (χ0) is 11.0. The van der Waals surface area contributed by atoms with Crippen LogP contribution < -0.4 is 0 Å². The summed E-state index contributed by atoms with van der Waals surface area (Å²) in [6, 6.07) is 0. The first-order valence-electron chi connectivity index (χ1n) is 4.81. The monoisotopic (exact) mass is 190 g/mol. The molecule has 0 saturated heterocycles. The van der Waals surface area contributed by atoms with Gasteiger partial charge < -0.3 is 0 Å². The van der Waals surface area contributed by atoms with Crippen molar-refractivity contribution < 1.29 is 0 Å². The minimum absolute atomic E-state index is 0.793. The first kappa shape index (κ1) is 12.6. The maximum Gasteiger partial charge on any atom is 0.0876 e. The fourth-order valence-electron chi connectivity index (χ4n) is 0.964. The molecule has 0 fully saturated rings. The molecule has 0 bridgehead atoms. The highest BCUT2D eigenvalue weighted by Gasteiger charge is 2.02. The lowest BCUT2D eigenvalue weighted by Gasteiger charge is -1.96. The molecule has 0 aliphatic carbocycles. The lowest BCUT2D eigenvalue weighted by molar-refractivity contribution is 1.19. The lowest BCUT2D eigenvalue weighted by atomic mass is 10.2. The number of hydrogen-bond donors (Lipinski definition) is 0. The Balaban J connectivity index is 0.000000791. The molecule has 0 amide bonds. The number of allylic oxidation sites excluding steroid dienone is 3. The molecule has 14 heavy (non-hydrogen) atoms. The highest BCUT2D eigenvalue weighted by Crippen LogP contribution is 2.12. The molecular formula is C12H18N2. The Bertz CT molecular complexity index is 293. The fraction of sp³-hybridized carbons (Fsp3) is 0.333. The summed E-state index contributed by atoms with van der Waals surface area (Å²) in [6.45, 7) is 13.2. The van der Waals surface area contributed by atoms with Crippen LogP contribution in [-0.2, 0) is 0 Å². The molecule has 0 N–H and O–H groups in total. The van der Waals surface area contributed by atoms with Crippen LogP contribution in [-0.4, -0.2) is 12.4 Å². The summed E-state index contributed by atoms with van der Waals surface area (Å²) in [7, 11) is 0. The van der Waals surface area contributed by atoms with Crippen LogP contribution in [0.5, 0.6) is 0 Å². The van der Waals surface area contributed by atoms with E-state index in [9.17, 15) is 0 Å². The maximum absolute atomic E-state index is 4.21. The average molecular weight is 190 g/mol. The largest absolute Gasteiger partial charge is 0.263 e. The normalized spacial score (nSPS) is 14.9. The second-order valence-electron chi connectivity index (χ2n) is 2.65. The van der Waals surface area contributed by atoms with E-state index in [1.165, 1.54) is 5.57 Å². The van der Waals surface area contributed by atoms with Crippen LogP contribution in [0.1, 0.15) is 27.2 Å². The highest BCUT2D eigenvalue weighted by atomic mass is 14.8. The molecule has 1 aliphatic heterocycles. The maximum atomic E-state index is 4.21. The van der Waals surface area contributed by atoms with Crippen LogP contribution in [0.3, 0.4) is 0 Å². The summed E-state index contributed by atoms with van der Waals surface area (Å²) >= 11 is 0. The quantitative estimate of drug-likeness (QED) is 0.595. The number of hydrogen-bond acceptors (Lipinski definition) is 2. The van der Waals surface area contributed by atoms with Crippen molar-refractivity contribution >= 4 is 12.4 Å². The van der Waals surface area contributed by atoms with Gasteiger partial charge in [0, 0.05) is 6.20 Å². The minimum Gasteiger partial charge on any atom is -0.263 e. The zero-order valence-corrected chi connectivity index (χ0v) is 9.25. The van der Waals surface area contributed by atoms with Gasteiger partial charge in [-0.1, -0.05) is 32.1 Å². The molecule has 76 valence electrons. The topological polar surface area (TPSA) is 24.7 Å². The van der Waals surface area contributed by atoms with Crippen LogP contribution in [0, 0.1) is 0 Å². The molecular weight excluding hydrogens is 172 g/mol. The number of aliphatic imine (C=N–C) groups is 2. The van der Waals surface area contributed by atoms with Crippen LogP contribution in [0.25, 0.3) is 0 Å². The molecule has 2 heteroatoms. The molecule has 0 radical (unpaired) electrons. The Kier molecular flexibility index (Phi) is 6.29. The summed E-state index contributed by atoms with van der Waals surface area (Å²) in [4.78, 5) is 8.08. The molecule has 1 aliphatic rings. The molecule has 0 spiro atoms. The third-order valence-corrected chi connectivity index (χ3v) is 1.67. The van der Waals surface area contributed by atoms with E-state index in [-0.39, 0.29) is 0 Å². The number of rotatable bonds is 2. The van der Waals surface area contributed by atoms with E-state index in [0.29, 0.717) is 0 Å². The van der Waals surface area contributed by atoms with Crippen molar-refractivity contribution in [3.63, 3.8) is 0 Å². The minimum atomic E-state index is 0.793. The van der Waals surface area contributed by atoms with Gasteiger partial charge in [0.15, 0.2) is 0 Å². The van der Waals surface area contributed by atoms with Gasteiger partial charge in [0.2, 0.25) is 0 Å². The molecule has 0 aromatic carbocycles. The van der Waals surface area contributed by atoms with Gasteiger partial charge in [-0.15, -0.1) is 0 Å².